The Bertz CT molecular complexity index is 375. The molecule has 2 nitrogen and oxygen atoms in total. The first-order valence-electron chi connectivity index (χ1n) is 6.67. The molecule has 1 aromatic rings. The average Bonchev–Trinajstić information content (AvgIpc) is 2.67. The molecule has 94 valence electrons. The largest absolute Gasteiger partial charge is 0.323 e. The van der Waals surface area contributed by atoms with Crippen LogP contribution < -0.4 is 5.73 Å². The van der Waals surface area contributed by atoms with E-state index < -0.39 is 0 Å². The first kappa shape index (κ1) is 12.6. The lowest BCUT2D eigenvalue weighted by Crippen LogP contribution is -2.40. The van der Waals surface area contributed by atoms with Crippen LogP contribution in [0.5, 0.6) is 0 Å². The number of benzene rings is 1. The summed E-state index contributed by atoms with van der Waals surface area (Å²) in [5.41, 5.74) is 9.14. The van der Waals surface area contributed by atoms with E-state index >= 15 is 0 Å². The van der Waals surface area contributed by atoms with Gasteiger partial charge in [-0.1, -0.05) is 44.5 Å². The van der Waals surface area contributed by atoms with Crippen LogP contribution in [0.25, 0.3) is 0 Å². The van der Waals surface area contributed by atoms with E-state index in [4.69, 9.17) is 5.73 Å². The molecule has 0 radical (unpaired) electrons. The highest BCUT2D eigenvalue weighted by molar-refractivity contribution is 5.36. The molecule has 1 aliphatic rings. The summed E-state index contributed by atoms with van der Waals surface area (Å²) >= 11 is 0. The van der Waals surface area contributed by atoms with Gasteiger partial charge in [0.1, 0.15) is 0 Å². The van der Waals surface area contributed by atoms with E-state index in [0.717, 1.165) is 18.9 Å². The van der Waals surface area contributed by atoms with E-state index in [-0.39, 0.29) is 6.04 Å². The van der Waals surface area contributed by atoms with Gasteiger partial charge < -0.3 is 10.6 Å². The number of hydrogen-bond acceptors (Lipinski definition) is 2. The Morgan fingerprint density at radius 1 is 1.41 bits per heavy atom. The van der Waals surface area contributed by atoms with Gasteiger partial charge in [-0.2, -0.15) is 0 Å². The van der Waals surface area contributed by atoms with Crippen LogP contribution in [-0.4, -0.2) is 24.5 Å². The van der Waals surface area contributed by atoms with Gasteiger partial charge in [0.15, 0.2) is 0 Å². The zero-order valence-corrected chi connectivity index (χ0v) is 11.2. The summed E-state index contributed by atoms with van der Waals surface area (Å²) in [6, 6.07) is 9.25. The first-order valence-corrected chi connectivity index (χ1v) is 6.67. The molecule has 1 aliphatic carbocycles. The summed E-state index contributed by atoms with van der Waals surface area (Å²) in [5.74, 6) is 0.746. The van der Waals surface area contributed by atoms with Crippen molar-refractivity contribution in [1.82, 2.24) is 4.90 Å². The van der Waals surface area contributed by atoms with Gasteiger partial charge in [-0.25, -0.2) is 0 Å². The molecule has 0 fully saturated rings. The van der Waals surface area contributed by atoms with Gasteiger partial charge in [0.25, 0.3) is 0 Å². The van der Waals surface area contributed by atoms with Gasteiger partial charge in [0.2, 0.25) is 0 Å². The van der Waals surface area contributed by atoms with Gasteiger partial charge in [0, 0.05) is 18.6 Å². The second-order valence-electron chi connectivity index (χ2n) is 5.45. The third kappa shape index (κ3) is 2.53. The zero-order chi connectivity index (χ0) is 12.4. The van der Waals surface area contributed by atoms with E-state index in [9.17, 15) is 0 Å². The van der Waals surface area contributed by atoms with Crippen LogP contribution in [0.15, 0.2) is 24.3 Å². The molecule has 0 aliphatic heterocycles. The third-order valence-electron chi connectivity index (χ3n) is 4.12. The number of likely N-dealkylation sites (N-methyl/N-ethyl adjacent to an activating group) is 1. The molecule has 17 heavy (non-hydrogen) atoms. The van der Waals surface area contributed by atoms with Crippen molar-refractivity contribution in [3.8, 4) is 0 Å². The highest BCUT2D eigenvalue weighted by atomic mass is 15.2. The van der Waals surface area contributed by atoms with Crippen LogP contribution in [0.1, 0.15) is 37.4 Å². The Morgan fingerprint density at radius 2 is 2.12 bits per heavy atom. The number of nitrogens with zero attached hydrogens (tertiary/aromatic N) is 1. The molecule has 0 saturated heterocycles. The molecule has 0 amide bonds. The molecular weight excluding hydrogens is 208 g/mol. The topological polar surface area (TPSA) is 29.3 Å². The number of rotatable bonds is 4. The molecule has 2 N–H and O–H groups in total. The fourth-order valence-corrected chi connectivity index (χ4v) is 2.79. The van der Waals surface area contributed by atoms with Crippen LogP contribution in [0.4, 0.5) is 0 Å². The van der Waals surface area contributed by atoms with Crippen molar-refractivity contribution in [2.75, 3.05) is 13.6 Å². The van der Waals surface area contributed by atoms with Crippen molar-refractivity contribution in [1.29, 1.82) is 0 Å². The van der Waals surface area contributed by atoms with Crippen molar-refractivity contribution < 1.29 is 0 Å². The molecule has 0 heterocycles. The molecule has 0 aromatic heterocycles. The van der Waals surface area contributed by atoms with E-state index in [1.807, 2.05) is 0 Å². The van der Waals surface area contributed by atoms with E-state index in [1.165, 1.54) is 17.5 Å². The van der Waals surface area contributed by atoms with Gasteiger partial charge in [-0.05, 0) is 30.5 Å². The second kappa shape index (κ2) is 5.19. The Morgan fingerprint density at radius 3 is 2.76 bits per heavy atom. The second-order valence-corrected chi connectivity index (χ2v) is 5.45. The fraction of sp³-hybridized carbons (Fsp3) is 0.600. The lowest BCUT2D eigenvalue weighted by molar-refractivity contribution is 0.193. The maximum absolute atomic E-state index is 6.37. The average molecular weight is 232 g/mol. The molecule has 2 rings (SSSR count). The minimum atomic E-state index is 0.181. The van der Waals surface area contributed by atoms with Crippen LogP contribution in [-0.2, 0) is 6.42 Å². The zero-order valence-electron chi connectivity index (χ0n) is 11.2. The Kier molecular flexibility index (Phi) is 3.85. The number of nitrogens with two attached hydrogens (primary N) is 1. The predicted octanol–water partition coefficient (Wildman–Crippen LogP) is 2.59. The minimum absolute atomic E-state index is 0.181. The quantitative estimate of drug-likeness (QED) is 0.864. The summed E-state index contributed by atoms with van der Waals surface area (Å²) in [5, 5.41) is 0. The Labute approximate surface area is 105 Å². The van der Waals surface area contributed by atoms with Crippen molar-refractivity contribution in [2.24, 2.45) is 11.7 Å². The molecular formula is C15H24N2. The first-order chi connectivity index (χ1) is 8.13. The number of fused-ring (bicyclic) bond motifs is 1. The highest BCUT2D eigenvalue weighted by Crippen LogP contribution is 2.32. The van der Waals surface area contributed by atoms with Crippen LogP contribution in [0.2, 0.25) is 0 Å². The summed E-state index contributed by atoms with van der Waals surface area (Å²) in [7, 11) is 2.21. The minimum Gasteiger partial charge on any atom is -0.323 e. The van der Waals surface area contributed by atoms with Crippen molar-refractivity contribution in [3.63, 3.8) is 0 Å². The Hall–Kier alpha value is -0.860. The third-order valence-corrected chi connectivity index (χ3v) is 4.12. The summed E-state index contributed by atoms with van der Waals surface area (Å²) in [6.07, 6.45) is 2.34. The molecule has 3 atom stereocenters. The maximum atomic E-state index is 6.37. The monoisotopic (exact) mass is 232 g/mol. The molecule has 0 spiro atoms. The predicted molar refractivity (Wildman–Crippen MR) is 72.9 cm³/mol. The van der Waals surface area contributed by atoms with Gasteiger partial charge >= 0.3 is 0 Å². The van der Waals surface area contributed by atoms with E-state index in [0.29, 0.717) is 6.04 Å². The molecule has 2 heteroatoms. The lowest BCUT2D eigenvalue weighted by Gasteiger charge is -2.30. The van der Waals surface area contributed by atoms with Gasteiger partial charge in [0.05, 0.1) is 0 Å². The number of hydrogen-bond donors (Lipinski definition) is 1. The van der Waals surface area contributed by atoms with Crippen molar-refractivity contribution >= 4 is 0 Å². The normalized spacial score (nSPS) is 25.0. The summed E-state index contributed by atoms with van der Waals surface area (Å²) < 4.78 is 0. The molecule has 1 aromatic carbocycles. The van der Waals surface area contributed by atoms with Crippen LogP contribution in [0.3, 0.4) is 0 Å². The van der Waals surface area contributed by atoms with E-state index in [2.05, 4.69) is 50.1 Å². The SMILES string of the molecule is CCC(C)CN(C)C1Cc2ccccc2C1N. The summed E-state index contributed by atoms with van der Waals surface area (Å²) in [6.45, 7) is 5.70. The van der Waals surface area contributed by atoms with Crippen molar-refractivity contribution in [2.45, 2.75) is 38.8 Å². The standard InChI is InChI=1S/C15H24N2/c1-4-11(2)10-17(3)14-9-12-7-5-6-8-13(12)15(14)16/h5-8,11,14-15H,4,9-10,16H2,1-3H3. The maximum Gasteiger partial charge on any atom is 0.0459 e. The van der Waals surface area contributed by atoms with Crippen LogP contribution >= 0.6 is 0 Å². The fourth-order valence-electron chi connectivity index (χ4n) is 2.79. The van der Waals surface area contributed by atoms with Crippen molar-refractivity contribution in [3.05, 3.63) is 35.4 Å². The van der Waals surface area contributed by atoms with E-state index in [1.54, 1.807) is 0 Å². The highest BCUT2D eigenvalue weighted by Gasteiger charge is 2.32. The smallest absolute Gasteiger partial charge is 0.0459 e. The lowest BCUT2D eigenvalue weighted by atomic mass is 10.0. The van der Waals surface area contributed by atoms with Crippen LogP contribution in [0, 0.1) is 5.92 Å². The molecule has 3 unspecified atom stereocenters. The Balaban J connectivity index is 2.06. The van der Waals surface area contributed by atoms with Gasteiger partial charge in [-0.15, -0.1) is 0 Å². The van der Waals surface area contributed by atoms with Gasteiger partial charge in [-0.3, -0.25) is 0 Å². The molecule has 0 bridgehead atoms. The molecule has 0 saturated carbocycles. The summed E-state index contributed by atoms with van der Waals surface area (Å²) in [4.78, 5) is 2.44.